The molecule has 0 aliphatic heterocycles. The normalized spacial score (nSPS) is 10.4. The van der Waals surface area contributed by atoms with E-state index in [9.17, 15) is 9.59 Å². The molecule has 0 saturated heterocycles. The van der Waals surface area contributed by atoms with Crippen LogP contribution < -0.4 is 0 Å². The molecule has 0 aliphatic carbocycles. The van der Waals surface area contributed by atoms with Gasteiger partial charge in [-0.25, -0.2) is 0 Å². The van der Waals surface area contributed by atoms with E-state index in [1.165, 1.54) is 19.9 Å². The van der Waals surface area contributed by atoms with Crippen LogP contribution in [0.1, 0.15) is 27.2 Å². The molecule has 0 atom stereocenters. The smallest absolute Gasteiger partial charge is 0.310 e. The standard InChI is InChI=1S/C12H16O4/c1-4-5-6-7-8-9-12(15-10(2)13)16-11(3)14/h5-9H,4H2,1-3H3. The van der Waals surface area contributed by atoms with E-state index < -0.39 is 11.9 Å². The van der Waals surface area contributed by atoms with Gasteiger partial charge >= 0.3 is 11.9 Å². The zero-order valence-electron chi connectivity index (χ0n) is 9.73. The molecular formula is C12H16O4. The van der Waals surface area contributed by atoms with Crippen LogP contribution in [-0.2, 0) is 19.1 Å². The molecule has 0 aromatic heterocycles. The van der Waals surface area contributed by atoms with Crippen molar-refractivity contribution in [3.05, 3.63) is 36.3 Å². The summed E-state index contributed by atoms with van der Waals surface area (Å²) in [5.41, 5.74) is 0. The first-order valence-electron chi connectivity index (χ1n) is 4.96. The Bertz CT molecular complexity index is 306. The molecule has 0 aromatic rings. The summed E-state index contributed by atoms with van der Waals surface area (Å²) in [6.07, 6.45) is 9.51. The third-order valence-corrected chi connectivity index (χ3v) is 1.31. The fourth-order valence-electron chi connectivity index (χ4n) is 0.785. The molecular weight excluding hydrogens is 208 g/mol. The molecule has 0 amide bonds. The Morgan fingerprint density at radius 2 is 1.56 bits per heavy atom. The van der Waals surface area contributed by atoms with Crippen LogP contribution in [0.2, 0.25) is 0 Å². The first-order valence-corrected chi connectivity index (χ1v) is 4.96. The summed E-state index contributed by atoms with van der Waals surface area (Å²) in [5, 5.41) is 0. The highest BCUT2D eigenvalue weighted by molar-refractivity contribution is 5.70. The molecule has 0 rings (SSSR count). The maximum atomic E-state index is 10.7. The highest BCUT2D eigenvalue weighted by Crippen LogP contribution is 2.01. The number of carbonyl (C=O) groups excluding carboxylic acids is 2. The molecule has 4 nitrogen and oxygen atoms in total. The third kappa shape index (κ3) is 8.74. The lowest BCUT2D eigenvalue weighted by Crippen LogP contribution is -2.05. The number of allylic oxidation sites excluding steroid dienone is 5. The maximum Gasteiger partial charge on any atom is 0.310 e. The minimum absolute atomic E-state index is 0.124. The van der Waals surface area contributed by atoms with Gasteiger partial charge in [0.1, 0.15) is 0 Å². The van der Waals surface area contributed by atoms with E-state index in [-0.39, 0.29) is 5.95 Å². The van der Waals surface area contributed by atoms with E-state index in [2.05, 4.69) is 9.47 Å². The van der Waals surface area contributed by atoms with Crippen molar-refractivity contribution in [2.45, 2.75) is 27.2 Å². The van der Waals surface area contributed by atoms with Crippen molar-refractivity contribution in [2.24, 2.45) is 0 Å². The number of carbonyl (C=O) groups is 2. The minimum atomic E-state index is -0.537. The first kappa shape index (κ1) is 14.2. The van der Waals surface area contributed by atoms with Crippen LogP contribution in [-0.4, -0.2) is 11.9 Å². The quantitative estimate of drug-likeness (QED) is 0.409. The lowest BCUT2D eigenvalue weighted by Gasteiger charge is -2.03. The molecule has 4 heteroatoms. The lowest BCUT2D eigenvalue weighted by molar-refractivity contribution is -0.150. The molecule has 0 aromatic carbocycles. The summed E-state index contributed by atoms with van der Waals surface area (Å²) >= 11 is 0. The van der Waals surface area contributed by atoms with Crippen LogP contribution in [0.4, 0.5) is 0 Å². The van der Waals surface area contributed by atoms with E-state index in [4.69, 9.17) is 0 Å². The van der Waals surface area contributed by atoms with Gasteiger partial charge in [0.2, 0.25) is 0 Å². The van der Waals surface area contributed by atoms with Crippen LogP contribution >= 0.6 is 0 Å². The Kier molecular flexibility index (Phi) is 7.49. The highest BCUT2D eigenvalue weighted by Gasteiger charge is 2.04. The summed E-state index contributed by atoms with van der Waals surface area (Å²) in [6, 6.07) is 0. The van der Waals surface area contributed by atoms with Gasteiger partial charge < -0.3 is 9.47 Å². The number of rotatable bonds is 5. The van der Waals surface area contributed by atoms with Gasteiger partial charge in [-0.15, -0.1) is 0 Å². The van der Waals surface area contributed by atoms with Gasteiger partial charge in [0.05, 0.1) is 0 Å². The van der Waals surface area contributed by atoms with Gasteiger partial charge in [-0.2, -0.15) is 0 Å². The largest absolute Gasteiger partial charge is 0.393 e. The topological polar surface area (TPSA) is 52.6 Å². The van der Waals surface area contributed by atoms with E-state index in [0.29, 0.717) is 0 Å². The summed E-state index contributed by atoms with van der Waals surface area (Å²) in [7, 11) is 0. The minimum Gasteiger partial charge on any atom is -0.393 e. The second-order valence-electron chi connectivity index (χ2n) is 2.89. The monoisotopic (exact) mass is 224 g/mol. The number of hydrogen-bond donors (Lipinski definition) is 0. The van der Waals surface area contributed by atoms with Crippen LogP contribution in [0.5, 0.6) is 0 Å². The Hall–Kier alpha value is -1.84. The predicted molar refractivity (Wildman–Crippen MR) is 60.2 cm³/mol. The average molecular weight is 224 g/mol. The lowest BCUT2D eigenvalue weighted by atomic mass is 10.4. The number of ether oxygens (including phenoxy) is 2. The molecule has 0 heterocycles. The zero-order chi connectivity index (χ0) is 12.4. The zero-order valence-corrected chi connectivity index (χ0v) is 9.73. The Morgan fingerprint density at radius 1 is 1.00 bits per heavy atom. The highest BCUT2D eigenvalue weighted by atomic mass is 16.7. The van der Waals surface area contributed by atoms with Gasteiger partial charge in [-0.1, -0.05) is 31.2 Å². The Balaban J connectivity index is 4.42. The van der Waals surface area contributed by atoms with Gasteiger partial charge in [0, 0.05) is 19.9 Å². The Labute approximate surface area is 95.2 Å². The fourth-order valence-corrected chi connectivity index (χ4v) is 0.785. The van der Waals surface area contributed by atoms with Gasteiger partial charge in [0.15, 0.2) is 0 Å². The SMILES string of the molecule is CCC=CC=CC=C(OC(C)=O)OC(C)=O. The summed E-state index contributed by atoms with van der Waals surface area (Å²) in [4.78, 5) is 21.4. The summed E-state index contributed by atoms with van der Waals surface area (Å²) < 4.78 is 9.34. The second-order valence-corrected chi connectivity index (χ2v) is 2.89. The maximum absolute atomic E-state index is 10.7. The molecule has 0 bridgehead atoms. The van der Waals surface area contributed by atoms with Crippen molar-refractivity contribution in [1.82, 2.24) is 0 Å². The van der Waals surface area contributed by atoms with E-state index >= 15 is 0 Å². The molecule has 88 valence electrons. The third-order valence-electron chi connectivity index (χ3n) is 1.31. The van der Waals surface area contributed by atoms with Crippen molar-refractivity contribution < 1.29 is 19.1 Å². The summed E-state index contributed by atoms with van der Waals surface area (Å²) in [5.74, 6) is -1.20. The second kappa shape index (κ2) is 8.47. The van der Waals surface area contributed by atoms with Crippen molar-refractivity contribution in [1.29, 1.82) is 0 Å². The fraction of sp³-hybridized carbons (Fsp3) is 0.333. The van der Waals surface area contributed by atoms with Crippen molar-refractivity contribution in [3.8, 4) is 0 Å². The van der Waals surface area contributed by atoms with Crippen LogP contribution in [0.25, 0.3) is 0 Å². The van der Waals surface area contributed by atoms with E-state index in [1.54, 1.807) is 12.2 Å². The van der Waals surface area contributed by atoms with E-state index in [1.807, 2.05) is 19.1 Å². The first-order chi connectivity index (χ1) is 7.56. The van der Waals surface area contributed by atoms with Crippen molar-refractivity contribution >= 4 is 11.9 Å². The van der Waals surface area contributed by atoms with E-state index in [0.717, 1.165) is 6.42 Å². The molecule has 16 heavy (non-hydrogen) atoms. The number of esters is 2. The summed E-state index contributed by atoms with van der Waals surface area (Å²) in [6.45, 7) is 4.49. The molecule has 0 spiro atoms. The van der Waals surface area contributed by atoms with Gasteiger partial charge in [0.25, 0.3) is 5.95 Å². The molecule has 0 aliphatic rings. The van der Waals surface area contributed by atoms with Crippen LogP contribution in [0.15, 0.2) is 36.3 Å². The predicted octanol–water partition coefficient (Wildman–Crippen LogP) is 2.48. The van der Waals surface area contributed by atoms with Crippen molar-refractivity contribution in [3.63, 3.8) is 0 Å². The van der Waals surface area contributed by atoms with Gasteiger partial charge in [-0.05, 0) is 6.42 Å². The molecule has 0 radical (unpaired) electrons. The van der Waals surface area contributed by atoms with Crippen LogP contribution in [0, 0.1) is 0 Å². The number of hydrogen-bond acceptors (Lipinski definition) is 4. The Morgan fingerprint density at radius 3 is 2.00 bits per heavy atom. The van der Waals surface area contributed by atoms with Gasteiger partial charge in [-0.3, -0.25) is 9.59 Å². The molecule has 0 fully saturated rings. The van der Waals surface area contributed by atoms with Crippen LogP contribution in [0.3, 0.4) is 0 Å². The van der Waals surface area contributed by atoms with Crippen molar-refractivity contribution in [2.75, 3.05) is 0 Å². The molecule has 0 unspecified atom stereocenters. The average Bonchev–Trinajstić information content (AvgIpc) is 2.15. The molecule has 0 N–H and O–H groups in total. The molecule has 0 saturated carbocycles.